The molecule has 0 saturated heterocycles. The molecule has 0 N–H and O–H groups in total. The number of nitrogens with zero attached hydrogens (tertiary/aromatic N) is 3. The van der Waals surface area contributed by atoms with Gasteiger partial charge in [0.15, 0.2) is 5.82 Å². The molecule has 2 heterocycles. The van der Waals surface area contributed by atoms with Gasteiger partial charge in [0.25, 0.3) is 0 Å². The fourth-order valence-corrected chi connectivity index (χ4v) is 3.33. The molecule has 0 bridgehead atoms. The van der Waals surface area contributed by atoms with Gasteiger partial charge in [-0.2, -0.15) is 0 Å². The van der Waals surface area contributed by atoms with E-state index in [1.807, 2.05) is 32.9 Å². The number of hydrogen-bond donors (Lipinski definition) is 0. The number of carbonyl (C=O) groups excluding carboxylic acids is 1. The van der Waals surface area contributed by atoms with Gasteiger partial charge in [0.1, 0.15) is 5.60 Å². The van der Waals surface area contributed by atoms with Gasteiger partial charge in [0.05, 0.1) is 6.54 Å². The van der Waals surface area contributed by atoms with E-state index in [4.69, 9.17) is 4.74 Å². The zero-order chi connectivity index (χ0) is 17.3. The second kappa shape index (κ2) is 6.51. The van der Waals surface area contributed by atoms with Gasteiger partial charge >= 0.3 is 6.09 Å². The lowest BCUT2D eigenvalue weighted by Crippen LogP contribution is -2.40. The monoisotopic (exact) mass is 389 g/mol. The zero-order valence-electron chi connectivity index (χ0n) is 14.0. The van der Waals surface area contributed by atoms with Crippen molar-refractivity contribution in [3.63, 3.8) is 0 Å². The minimum absolute atomic E-state index is 0.284. The number of benzene rings is 1. The van der Waals surface area contributed by atoms with Crippen molar-refractivity contribution in [1.29, 1.82) is 0 Å². The van der Waals surface area contributed by atoms with Crippen LogP contribution in [0.1, 0.15) is 31.9 Å². The van der Waals surface area contributed by atoms with Crippen LogP contribution in [0.2, 0.25) is 0 Å². The summed E-state index contributed by atoms with van der Waals surface area (Å²) in [5.74, 6) is 0.673. The van der Waals surface area contributed by atoms with Crippen molar-refractivity contribution >= 4 is 22.0 Å². The van der Waals surface area contributed by atoms with Gasteiger partial charge in [-0.3, -0.25) is 0 Å². The van der Waals surface area contributed by atoms with Crippen molar-refractivity contribution in [2.75, 3.05) is 6.54 Å². The number of hydrogen-bond acceptors (Lipinski definition) is 4. The third-order valence-electron chi connectivity index (χ3n) is 3.81. The van der Waals surface area contributed by atoms with Crippen LogP contribution in [0.15, 0.2) is 35.1 Å². The average molecular weight is 390 g/mol. The van der Waals surface area contributed by atoms with E-state index in [2.05, 4.69) is 25.9 Å². The molecule has 126 valence electrons. The smallest absolute Gasteiger partial charge is 0.410 e. The number of ether oxygens (including phenoxy) is 1. The lowest BCUT2D eigenvalue weighted by atomic mass is 9.94. The van der Waals surface area contributed by atoms with Crippen molar-refractivity contribution in [2.24, 2.45) is 0 Å². The van der Waals surface area contributed by atoms with E-state index in [1.54, 1.807) is 23.4 Å². The molecule has 2 aromatic rings. The minimum atomic E-state index is -0.500. The molecule has 0 spiro atoms. The summed E-state index contributed by atoms with van der Waals surface area (Å²) in [6, 6.07) is 5.81. The van der Waals surface area contributed by atoms with E-state index in [9.17, 15) is 4.79 Å². The Kier molecular flexibility index (Phi) is 4.58. The summed E-state index contributed by atoms with van der Waals surface area (Å²) >= 11 is 3.62. The molecule has 0 fully saturated rings. The number of rotatable bonds is 1. The van der Waals surface area contributed by atoms with E-state index >= 15 is 0 Å². The van der Waals surface area contributed by atoms with Crippen molar-refractivity contribution in [1.82, 2.24) is 14.9 Å². The minimum Gasteiger partial charge on any atom is -0.444 e. The maximum Gasteiger partial charge on any atom is 0.410 e. The normalized spacial score (nSPS) is 14.2. The lowest BCUT2D eigenvalue weighted by Gasteiger charge is -2.32. The maximum atomic E-state index is 12.4. The van der Waals surface area contributed by atoms with Crippen LogP contribution in [0.5, 0.6) is 0 Å². The van der Waals surface area contributed by atoms with Crippen molar-refractivity contribution < 1.29 is 9.53 Å². The molecule has 1 aliphatic heterocycles. The standard InChI is InChI=1S/C18H20BrN3O2/c1-18(2,3)24-17(23)22-10-7-12-14(11-22)13(5-6-15(12)19)16-20-8-4-9-21-16/h4-6,8-9H,7,10-11H2,1-3H3. The molecule has 1 aromatic carbocycles. The Labute approximate surface area is 150 Å². The quantitative estimate of drug-likeness (QED) is 0.733. The first-order valence-electron chi connectivity index (χ1n) is 7.91. The molecule has 3 rings (SSSR count). The highest BCUT2D eigenvalue weighted by Crippen LogP contribution is 2.33. The van der Waals surface area contributed by atoms with Crippen LogP contribution in [-0.2, 0) is 17.7 Å². The molecule has 24 heavy (non-hydrogen) atoms. The van der Waals surface area contributed by atoms with Gasteiger partial charge < -0.3 is 9.64 Å². The summed E-state index contributed by atoms with van der Waals surface area (Å²) in [5, 5.41) is 0. The second-order valence-corrected chi connectivity index (χ2v) is 7.63. The first kappa shape index (κ1) is 16.9. The zero-order valence-corrected chi connectivity index (χ0v) is 15.6. The van der Waals surface area contributed by atoms with Gasteiger partial charge in [-0.25, -0.2) is 14.8 Å². The van der Waals surface area contributed by atoms with Crippen LogP contribution < -0.4 is 0 Å². The molecule has 1 amide bonds. The van der Waals surface area contributed by atoms with Crippen molar-refractivity contribution in [2.45, 2.75) is 39.3 Å². The Morgan fingerprint density at radius 2 is 1.92 bits per heavy atom. The Morgan fingerprint density at radius 1 is 1.21 bits per heavy atom. The Bertz CT molecular complexity index is 757. The van der Waals surface area contributed by atoms with Gasteiger partial charge in [0, 0.05) is 29.0 Å². The average Bonchev–Trinajstić information content (AvgIpc) is 2.54. The van der Waals surface area contributed by atoms with Gasteiger partial charge in [-0.05, 0) is 56.5 Å². The molecule has 6 heteroatoms. The van der Waals surface area contributed by atoms with E-state index in [0.29, 0.717) is 18.9 Å². The number of halogens is 1. The first-order valence-corrected chi connectivity index (χ1v) is 8.70. The number of carbonyl (C=O) groups is 1. The molecular weight excluding hydrogens is 370 g/mol. The topological polar surface area (TPSA) is 55.3 Å². The highest BCUT2D eigenvalue weighted by Gasteiger charge is 2.28. The van der Waals surface area contributed by atoms with Crippen LogP contribution in [0, 0.1) is 0 Å². The summed E-state index contributed by atoms with van der Waals surface area (Å²) in [4.78, 5) is 22.9. The molecule has 0 unspecified atom stereocenters. The Morgan fingerprint density at radius 3 is 2.58 bits per heavy atom. The van der Waals surface area contributed by atoms with Crippen LogP contribution >= 0.6 is 15.9 Å². The summed E-state index contributed by atoms with van der Waals surface area (Å²) in [5.41, 5.74) is 2.74. The SMILES string of the molecule is CC(C)(C)OC(=O)N1CCc2c(Br)ccc(-c3ncccn3)c2C1. The van der Waals surface area contributed by atoms with Gasteiger partial charge in [-0.1, -0.05) is 15.9 Å². The van der Waals surface area contributed by atoms with Crippen LogP contribution in [0.3, 0.4) is 0 Å². The van der Waals surface area contributed by atoms with E-state index in [0.717, 1.165) is 22.0 Å². The van der Waals surface area contributed by atoms with E-state index in [-0.39, 0.29) is 6.09 Å². The predicted molar refractivity (Wildman–Crippen MR) is 95.5 cm³/mol. The number of aromatic nitrogens is 2. The van der Waals surface area contributed by atoms with Crippen LogP contribution in [0.25, 0.3) is 11.4 Å². The molecule has 0 aliphatic carbocycles. The van der Waals surface area contributed by atoms with E-state index in [1.165, 1.54) is 5.56 Å². The second-order valence-electron chi connectivity index (χ2n) is 6.78. The van der Waals surface area contributed by atoms with E-state index < -0.39 is 5.60 Å². The highest BCUT2D eigenvalue weighted by molar-refractivity contribution is 9.10. The maximum absolute atomic E-state index is 12.4. The highest BCUT2D eigenvalue weighted by atomic mass is 79.9. The molecule has 1 aliphatic rings. The third kappa shape index (κ3) is 3.59. The summed E-state index contributed by atoms with van der Waals surface area (Å²) in [7, 11) is 0. The number of amides is 1. The molecule has 1 aromatic heterocycles. The first-order chi connectivity index (χ1) is 11.3. The summed E-state index contributed by atoms with van der Waals surface area (Å²) in [6.07, 6.45) is 3.94. The van der Waals surface area contributed by atoms with Crippen molar-refractivity contribution in [3.8, 4) is 11.4 Å². The molecular formula is C18H20BrN3O2. The molecule has 0 atom stereocenters. The molecule has 0 radical (unpaired) electrons. The van der Waals surface area contributed by atoms with Gasteiger partial charge in [0.2, 0.25) is 0 Å². The molecule has 5 nitrogen and oxygen atoms in total. The Hall–Kier alpha value is -1.95. The predicted octanol–water partition coefficient (Wildman–Crippen LogP) is 4.20. The lowest BCUT2D eigenvalue weighted by molar-refractivity contribution is 0.0224. The van der Waals surface area contributed by atoms with Crippen molar-refractivity contribution in [3.05, 3.63) is 46.2 Å². The Balaban J connectivity index is 1.95. The summed E-state index contributed by atoms with van der Waals surface area (Å²) in [6.45, 7) is 6.77. The van der Waals surface area contributed by atoms with Gasteiger partial charge in [-0.15, -0.1) is 0 Å². The fraction of sp³-hybridized carbons (Fsp3) is 0.389. The summed E-state index contributed by atoms with van der Waals surface area (Å²) < 4.78 is 6.57. The molecule has 0 saturated carbocycles. The third-order valence-corrected chi connectivity index (χ3v) is 4.56. The fourth-order valence-electron chi connectivity index (χ4n) is 2.76. The number of fused-ring (bicyclic) bond motifs is 1. The van der Waals surface area contributed by atoms with Crippen LogP contribution in [-0.4, -0.2) is 33.1 Å². The van der Waals surface area contributed by atoms with Crippen LogP contribution in [0.4, 0.5) is 4.79 Å². The largest absolute Gasteiger partial charge is 0.444 e.